The molecule has 0 spiro atoms. The number of benzene rings is 2. The summed E-state index contributed by atoms with van der Waals surface area (Å²) in [6.07, 6.45) is 0. The minimum atomic E-state index is -0.690. The Kier molecular flexibility index (Phi) is 3.41. The van der Waals surface area contributed by atoms with E-state index in [0.717, 1.165) is 10.1 Å². The molecule has 0 aliphatic heterocycles. The van der Waals surface area contributed by atoms with Crippen LogP contribution in [0.25, 0.3) is 10.1 Å². The van der Waals surface area contributed by atoms with E-state index in [9.17, 15) is 14.7 Å². The second-order valence-electron chi connectivity index (χ2n) is 4.38. The number of thiophene rings is 1. The Labute approximate surface area is 124 Å². The second kappa shape index (κ2) is 5.38. The standard InChI is InChI=1S/C16H10O4S/c17-12-6-7-13-11(8-12)9-14(21-13)16(19)20-15(18)10-4-2-1-3-5-10/h1-9,17H. The number of fused-ring (bicyclic) bond motifs is 1. The molecule has 0 saturated carbocycles. The first-order valence-electron chi connectivity index (χ1n) is 6.17. The Hall–Kier alpha value is -2.66. The van der Waals surface area contributed by atoms with E-state index in [1.807, 2.05) is 0 Å². The lowest BCUT2D eigenvalue weighted by Crippen LogP contribution is -2.11. The van der Waals surface area contributed by atoms with Crippen LogP contribution >= 0.6 is 11.3 Å². The topological polar surface area (TPSA) is 63.6 Å². The molecule has 0 radical (unpaired) electrons. The van der Waals surface area contributed by atoms with Crippen LogP contribution in [0, 0.1) is 0 Å². The maximum absolute atomic E-state index is 12.0. The zero-order valence-electron chi connectivity index (χ0n) is 10.8. The zero-order valence-corrected chi connectivity index (χ0v) is 11.6. The summed E-state index contributed by atoms with van der Waals surface area (Å²) in [5.41, 5.74) is 0.324. The van der Waals surface area contributed by atoms with E-state index in [1.165, 1.54) is 11.3 Å². The van der Waals surface area contributed by atoms with E-state index in [2.05, 4.69) is 0 Å². The normalized spacial score (nSPS) is 10.5. The number of ether oxygens (including phenoxy) is 1. The molecule has 3 rings (SSSR count). The lowest BCUT2D eigenvalue weighted by atomic mass is 10.2. The maximum Gasteiger partial charge on any atom is 0.356 e. The third kappa shape index (κ3) is 2.78. The molecule has 3 aromatic rings. The third-order valence-corrected chi connectivity index (χ3v) is 3.99. The van der Waals surface area contributed by atoms with E-state index in [4.69, 9.17) is 4.74 Å². The zero-order chi connectivity index (χ0) is 14.8. The van der Waals surface area contributed by atoms with Crippen molar-refractivity contribution in [3.63, 3.8) is 0 Å². The van der Waals surface area contributed by atoms with Crippen LogP contribution in [0.3, 0.4) is 0 Å². The van der Waals surface area contributed by atoms with Gasteiger partial charge in [0.1, 0.15) is 10.6 Å². The first-order chi connectivity index (χ1) is 10.1. The first-order valence-corrected chi connectivity index (χ1v) is 6.99. The van der Waals surface area contributed by atoms with Gasteiger partial charge in [-0.2, -0.15) is 0 Å². The van der Waals surface area contributed by atoms with Crippen LogP contribution in [0.5, 0.6) is 5.75 Å². The molecule has 1 N–H and O–H groups in total. The van der Waals surface area contributed by atoms with Crippen LogP contribution in [-0.4, -0.2) is 17.0 Å². The monoisotopic (exact) mass is 298 g/mol. The Bertz CT molecular complexity index is 821. The molecule has 0 bridgehead atoms. The highest BCUT2D eigenvalue weighted by Crippen LogP contribution is 2.29. The van der Waals surface area contributed by atoms with Gasteiger partial charge in [-0.3, -0.25) is 0 Å². The Morgan fingerprint density at radius 2 is 1.71 bits per heavy atom. The minimum Gasteiger partial charge on any atom is -0.508 e. The van der Waals surface area contributed by atoms with Crippen LogP contribution < -0.4 is 0 Å². The Balaban J connectivity index is 1.82. The van der Waals surface area contributed by atoms with Crippen molar-refractivity contribution in [2.24, 2.45) is 0 Å². The van der Waals surface area contributed by atoms with E-state index in [-0.39, 0.29) is 5.75 Å². The van der Waals surface area contributed by atoms with Gasteiger partial charge in [-0.1, -0.05) is 18.2 Å². The number of phenols is 1. The Morgan fingerprint density at radius 3 is 2.48 bits per heavy atom. The highest BCUT2D eigenvalue weighted by atomic mass is 32.1. The second-order valence-corrected chi connectivity index (χ2v) is 5.46. The molecular weight excluding hydrogens is 288 g/mol. The predicted molar refractivity (Wildman–Crippen MR) is 79.7 cm³/mol. The van der Waals surface area contributed by atoms with Crippen LogP contribution in [0.4, 0.5) is 0 Å². The molecule has 5 heteroatoms. The number of hydrogen-bond donors (Lipinski definition) is 1. The third-order valence-electron chi connectivity index (χ3n) is 2.90. The fourth-order valence-corrected chi connectivity index (χ4v) is 2.82. The molecule has 2 aromatic carbocycles. The number of esters is 2. The summed E-state index contributed by atoms with van der Waals surface area (Å²) in [4.78, 5) is 24.1. The number of phenolic OH excluding ortho intramolecular Hbond substituents is 1. The van der Waals surface area contributed by atoms with Gasteiger partial charge in [0.25, 0.3) is 0 Å². The highest BCUT2D eigenvalue weighted by molar-refractivity contribution is 7.20. The molecule has 1 heterocycles. The molecule has 1 aromatic heterocycles. The molecular formula is C16H10O4S. The van der Waals surface area contributed by atoms with Crippen molar-refractivity contribution in [1.29, 1.82) is 0 Å². The number of carbonyl (C=O) groups is 2. The summed E-state index contributed by atoms with van der Waals surface area (Å²) in [6, 6.07) is 14.7. The summed E-state index contributed by atoms with van der Waals surface area (Å²) >= 11 is 1.21. The predicted octanol–water partition coefficient (Wildman–Crippen LogP) is 3.60. The summed E-state index contributed by atoms with van der Waals surface area (Å²) < 4.78 is 5.69. The van der Waals surface area contributed by atoms with Gasteiger partial charge >= 0.3 is 11.9 Å². The summed E-state index contributed by atoms with van der Waals surface area (Å²) in [6.45, 7) is 0. The highest BCUT2D eigenvalue weighted by Gasteiger charge is 2.17. The molecule has 0 saturated heterocycles. The molecule has 0 aliphatic carbocycles. The van der Waals surface area contributed by atoms with Gasteiger partial charge in [0.2, 0.25) is 0 Å². The van der Waals surface area contributed by atoms with Crippen molar-refractivity contribution >= 4 is 33.4 Å². The maximum atomic E-state index is 12.0. The lowest BCUT2D eigenvalue weighted by Gasteiger charge is -2.00. The van der Waals surface area contributed by atoms with E-state index >= 15 is 0 Å². The fraction of sp³-hybridized carbons (Fsp3) is 0. The van der Waals surface area contributed by atoms with Crippen molar-refractivity contribution in [1.82, 2.24) is 0 Å². The molecule has 0 aliphatic rings. The van der Waals surface area contributed by atoms with Gasteiger partial charge < -0.3 is 9.84 Å². The molecule has 0 fully saturated rings. The number of aromatic hydroxyl groups is 1. The fourth-order valence-electron chi connectivity index (χ4n) is 1.90. The molecule has 0 unspecified atom stereocenters. The van der Waals surface area contributed by atoms with Crippen molar-refractivity contribution in [3.8, 4) is 5.75 Å². The largest absolute Gasteiger partial charge is 0.508 e. The Morgan fingerprint density at radius 1 is 0.952 bits per heavy atom. The van der Waals surface area contributed by atoms with Gasteiger partial charge in [0.05, 0.1) is 5.56 Å². The summed E-state index contributed by atoms with van der Waals surface area (Å²) in [5.74, 6) is -1.24. The van der Waals surface area contributed by atoms with Crippen molar-refractivity contribution in [2.45, 2.75) is 0 Å². The van der Waals surface area contributed by atoms with Crippen LogP contribution in [-0.2, 0) is 4.74 Å². The molecule has 4 nitrogen and oxygen atoms in total. The minimum absolute atomic E-state index is 0.126. The summed E-state index contributed by atoms with van der Waals surface area (Å²) in [5, 5.41) is 10.1. The smallest absolute Gasteiger partial charge is 0.356 e. The number of hydrogen-bond acceptors (Lipinski definition) is 5. The van der Waals surface area contributed by atoms with Gasteiger partial charge in [-0.15, -0.1) is 11.3 Å². The van der Waals surface area contributed by atoms with E-state index in [1.54, 1.807) is 54.6 Å². The first kappa shape index (κ1) is 13.3. The van der Waals surface area contributed by atoms with E-state index in [0.29, 0.717) is 10.4 Å². The van der Waals surface area contributed by atoms with Crippen molar-refractivity contribution in [2.75, 3.05) is 0 Å². The van der Waals surface area contributed by atoms with Gasteiger partial charge in [0.15, 0.2) is 0 Å². The van der Waals surface area contributed by atoms with Crippen molar-refractivity contribution in [3.05, 3.63) is 65.0 Å². The number of rotatable bonds is 2. The average Bonchev–Trinajstić information content (AvgIpc) is 2.91. The average molecular weight is 298 g/mol. The quantitative estimate of drug-likeness (QED) is 0.580. The number of carbonyl (C=O) groups excluding carboxylic acids is 2. The van der Waals surface area contributed by atoms with Crippen LogP contribution in [0.2, 0.25) is 0 Å². The van der Waals surface area contributed by atoms with Crippen LogP contribution in [0.1, 0.15) is 20.0 Å². The molecule has 104 valence electrons. The molecule has 21 heavy (non-hydrogen) atoms. The molecule has 0 atom stereocenters. The lowest BCUT2D eigenvalue weighted by molar-refractivity contribution is 0.0401. The van der Waals surface area contributed by atoms with Crippen molar-refractivity contribution < 1.29 is 19.4 Å². The van der Waals surface area contributed by atoms with Gasteiger partial charge in [-0.05, 0) is 41.8 Å². The molecule has 0 amide bonds. The van der Waals surface area contributed by atoms with Gasteiger partial charge in [0, 0.05) is 4.70 Å². The van der Waals surface area contributed by atoms with Gasteiger partial charge in [-0.25, -0.2) is 9.59 Å². The van der Waals surface area contributed by atoms with Crippen LogP contribution in [0.15, 0.2) is 54.6 Å². The SMILES string of the molecule is O=C(OC(=O)c1cc2cc(O)ccc2s1)c1ccccc1. The van der Waals surface area contributed by atoms with E-state index < -0.39 is 11.9 Å². The summed E-state index contributed by atoms with van der Waals surface area (Å²) in [7, 11) is 0.